The van der Waals surface area contributed by atoms with Gasteiger partial charge in [0.25, 0.3) is 0 Å². The third-order valence-electron chi connectivity index (χ3n) is 5.48. The molecule has 1 atom stereocenters. The van der Waals surface area contributed by atoms with Crippen molar-refractivity contribution in [3.05, 3.63) is 59.2 Å². The van der Waals surface area contributed by atoms with Crippen LogP contribution in [0, 0.1) is 6.92 Å². The fourth-order valence-electron chi connectivity index (χ4n) is 3.85. The molecule has 0 fully saturated rings. The first-order valence-electron chi connectivity index (χ1n) is 10.5. The summed E-state index contributed by atoms with van der Waals surface area (Å²) in [6, 6.07) is 14.3. The second kappa shape index (κ2) is 11.9. The van der Waals surface area contributed by atoms with E-state index >= 15 is 0 Å². The minimum atomic E-state index is 0. The van der Waals surface area contributed by atoms with Crippen LogP contribution in [0.1, 0.15) is 42.5 Å². The molecule has 7 heteroatoms. The highest BCUT2D eigenvalue weighted by Gasteiger charge is 2.23. The molecule has 0 bridgehead atoms. The Bertz CT molecular complexity index is 916. The van der Waals surface area contributed by atoms with Crippen molar-refractivity contribution in [3.8, 4) is 5.75 Å². The van der Waals surface area contributed by atoms with Gasteiger partial charge in [0.05, 0.1) is 13.2 Å². The van der Waals surface area contributed by atoms with Crippen LogP contribution in [0.5, 0.6) is 5.75 Å². The van der Waals surface area contributed by atoms with E-state index in [-0.39, 0.29) is 35.9 Å². The van der Waals surface area contributed by atoms with E-state index in [1.54, 1.807) is 14.2 Å². The summed E-state index contributed by atoms with van der Waals surface area (Å²) in [5.41, 5.74) is 4.59. The summed E-state index contributed by atoms with van der Waals surface area (Å²) in [6.07, 6.45) is 2.21. The quantitative estimate of drug-likeness (QED) is 0.241. The van der Waals surface area contributed by atoms with Crippen molar-refractivity contribution in [2.75, 3.05) is 32.1 Å². The van der Waals surface area contributed by atoms with Gasteiger partial charge in [0.1, 0.15) is 5.75 Å². The zero-order chi connectivity index (χ0) is 21.5. The number of hydrogen-bond acceptors (Lipinski definition) is 3. The SMILES string of the molecule is CN=C(NCCCC(=O)N1CCc2ccccc21)NC(C)c1cc(C)ccc1OC.I. The van der Waals surface area contributed by atoms with Crippen LogP contribution in [0.3, 0.4) is 0 Å². The molecule has 31 heavy (non-hydrogen) atoms. The fraction of sp³-hybridized carbons (Fsp3) is 0.417. The Balaban J connectivity index is 0.00000341. The monoisotopic (exact) mass is 536 g/mol. The Morgan fingerprint density at radius 1 is 1.26 bits per heavy atom. The number of carbonyl (C=O) groups is 1. The number of nitrogens with zero attached hydrogens (tertiary/aromatic N) is 2. The number of benzene rings is 2. The number of carbonyl (C=O) groups excluding carboxylic acids is 1. The number of ether oxygens (including phenoxy) is 1. The molecule has 0 spiro atoms. The summed E-state index contributed by atoms with van der Waals surface area (Å²) in [6.45, 7) is 5.61. The molecule has 0 saturated heterocycles. The molecule has 168 valence electrons. The van der Waals surface area contributed by atoms with Crippen LogP contribution in [-0.2, 0) is 11.2 Å². The van der Waals surface area contributed by atoms with Gasteiger partial charge in [0, 0.05) is 37.8 Å². The van der Waals surface area contributed by atoms with Gasteiger partial charge in [-0.15, -0.1) is 24.0 Å². The molecule has 1 aliphatic rings. The maximum atomic E-state index is 12.6. The van der Waals surface area contributed by atoms with Crippen molar-refractivity contribution in [3.63, 3.8) is 0 Å². The van der Waals surface area contributed by atoms with E-state index in [1.807, 2.05) is 35.2 Å². The molecule has 0 saturated carbocycles. The highest BCUT2D eigenvalue weighted by molar-refractivity contribution is 14.0. The standard InChI is InChI=1S/C24H32N4O2.HI/c1-17-11-12-22(30-4)20(16-17)18(2)27-24(25-3)26-14-7-10-23(29)28-15-13-19-8-5-6-9-21(19)28;/h5-6,8-9,11-12,16,18H,7,10,13-15H2,1-4H3,(H2,25,26,27);1H. The van der Waals surface area contributed by atoms with Crippen molar-refractivity contribution in [1.29, 1.82) is 0 Å². The van der Waals surface area contributed by atoms with Gasteiger partial charge < -0.3 is 20.3 Å². The van der Waals surface area contributed by atoms with Crippen molar-refractivity contribution < 1.29 is 9.53 Å². The second-order valence-electron chi connectivity index (χ2n) is 7.64. The minimum absolute atomic E-state index is 0. The maximum absolute atomic E-state index is 12.6. The molecule has 2 N–H and O–H groups in total. The Hall–Kier alpha value is -2.29. The third kappa shape index (κ3) is 6.35. The summed E-state index contributed by atoms with van der Waals surface area (Å²) in [7, 11) is 3.44. The molecule has 1 unspecified atom stereocenters. The molecule has 6 nitrogen and oxygen atoms in total. The first-order valence-corrected chi connectivity index (χ1v) is 10.5. The Morgan fingerprint density at radius 3 is 2.77 bits per heavy atom. The molecule has 1 aliphatic heterocycles. The van der Waals surface area contributed by atoms with Gasteiger partial charge in [-0.05, 0) is 44.4 Å². The van der Waals surface area contributed by atoms with E-state index in [2.05, 4.69) is 41.6 Å². The Labute approximate surface area is 202 Å². The predicted molar refractivity (Wildman–Crippen MR) is 138 cm³/mol. The van der Waals surface area contributed by atoms with Gasteiger partial charge in [0.2, 0.25) is 5.91 Å². The Kier molecular flexibility index (Phi) is 9.61. The maximum Gasteiger partial charge on any atom is 0.227 e. The molecule has 2 aromatic rings. The number of amides is 1. The third-order valence-corrected chi connectivity index (χ3v) is 5.48. The highest BCUT2D eigenvalue weighted by atomic mass is 127. The molecular weight excluding hydrogens is 503 g/mol. The number of rotatable bonds is 7. The second-order valence-corrected chi connectivity index (χ2v) is 7.64. The number of halogens is 1. The lowest BCUT2D eigenvalue weighted by Gasteiger charge is -2.21. The number of hydrogen-bond donors (Lipinski definition) is 2. The van der Waals surface area contributed by atoms with Crippen LogP contribution in [0.15, 0.2) is 47.5 Å². The van der Waals surface area contributed by atoms with Crippen molar-refractivity contribution in [2.45, 2.75) is 39.2 Å². The van der Waals surface area contributed by atoms with Crippen LogP contribution < -0.4 is 20.3 Å². The fourth-order valence-corrected chi connectivity index (χ4v) is 3.85. The molecule has 1 amide bonds. The van der Waals surface area contributed by atoms with E-state index in [0.29, 0.717) is 18.9 Å². The summed E-state index contributed by atoms with van der Waals surface area (Å²) < 4.78 is 5.49. The minimum Gasteiger partial charge on any atom is -0.496 e. The average molecular weight is 536 g/mol. The highest BCUT2D eigenvalue weighted by Crippen LogP contribution is 2.28. The number of aliphatic imine (C=N–C) groups is 1. The van der Waals surface area contributed by atoms with Gasteiger partial charge in [-0.2, -0.15) is 0 Å². The van der Waals surface area contributed by atoms with E-state index in [4.69, 9.17) is 4.74 Å². The zero-order valence-electron chi connectivity index (χ0n) is 18.8. The zero-order valence-corrected chi connectivity index (χ0v) is 21.1. The normalized spacial score (nSPS) is 13.8. The largest absolute Gasteiger partial charge is 0.496 e. The summed E-state index contributed by atoms with van der Waals surface area (Å²) in [5, 5.41) is 6.72. The average Bonchev–Trinajstić information content (AvgIpc) is 3.19. The number of guanidine groups is 1. The number of fused-ring (bicyclic) bond motifs is 1. The van der Waals surface area contributed by atoms with Crippen LogP contribution in [-0.4, -0.2) is 39.1 Å². The van der Waals surface area contributed by atoms with Gasteiger partial charge >= 0.3 is 0 Å². The lowest BCUT2D eigenvalue weighted by Crippen LogP contribution is -2.39. The summed E-state index contributed by atoms with van der Waals surface area (Å²) >= 11 is 0. The van der Waals surface area contributed by atoms with Gasteiger partial charge in [-0.1, -0.05) is 35.9 Å². The molecule has 0 aliphatic carbocycles. The lowest BCUT2D eigenvalue weighted by atomic mass is 10.0. The number of para-hydroxylation sites is 1. The summed E-state index contributed by atoms with van der Waals surface area (Å²) in [5.74, 6) is 1.75. The van der Waals surface area contributed by atoms with Gasteiger partial charge in [-0.3, -0.25) is 9.79 Å². The van der Waals surface area contributed by atoms with Crippen molar-refractivity contribution in [1.82, 2.24) is 10.6 Å². The van der Waals surface area contributed by atoms with E-state index in [0.717, 1.165) is 36.4 Å². The molecule has 3 rings (SSSR count). The first-order chi connectivity index (χ1) is 14.5. The van der Waals surface area contributed by atoms with E-state index < -0.39 is 0 Å². The van der Waals surface area contributed by atoms with E-state index in [9.17, 15) is 4.79 Å². The lowest BCUT2D eigenvalue weighted by molar-refractivity contribution is -0.118. The smallest absolute Gasteiger partial charge is 0.227 e. The van der Waals surface area contributed by atoms with Crippen LogP contribution in [0.4, 0.5) is 5.69 Å². The molecule has 0 radical (unpaired) electrons. The van der Waals surface area contributed by atoms with Crippen LogP contribution in [0.25, 0.3) is 0 Å². The van der Waals surface area contributed by atoms with Gasteiger partial charge in [-0.25, -0.2) is 0 Å². The van der Waals surface area contributed by atoms with Crippen molar-refractivity contribution in [2.24, 2.45) is 4.99 Å². The summed E-state index contributed by atoms with van der Waals surface area (Å²) in [4.78, 5) is 18.9. The first kappa shape index (κ1) is 25.0. The molecular formula is C24H33IN4O2. The topological polar surface area (TPSA) is 66.0 Å². The van der Waals surface area contributed by atoms with Crippen molar-refractivity contribution >= 4 is 41.5 Å². The van der Waals surface area contributed by atoms with Crippen LogP contribution >= 0.6 is 24.0 Å². The van der Waals surface area contributed by atoms with E-state index in [1.165, 1.54) is 11.1 Å². The number of anilines is 1. The van der Waals surface area contributed by atoms with Crippen LogP contribution in [0.2, 0.25) is 0 Å². The Morgan fingerprint density at radius 2 is 2.03 bits per heavy atom. The number of nitrogens with one attached hydrogen (secondary N) is 2. The number of methoxy groups -OCH3 is 1. The number of aryl methyl sites for hydroxylation is 1. The molecule has 0 aromatic heterocycles. The predicted octanol–water partition coefficient (Wildman–Crippen LogP) is 4.22. The van der Waals surface area contributed by atoms with Gasteiger partial charge in [0.15, 0.2) is 5.96 Å². The molecule has 2 aromatic carbocycles. The molecule has 1 heterocycles.